The summed E-state index contributed by atoms with van der Waals surface area (Å²) >= 11 is 0. The van der Waals surface area contributed by atoms with Gasteiger partial charge in [-0.1, -0.05) is 12.5 Å². The SMILES string of the molecule is C#C[C@]1(C)[C@@H]2OP(=O)(OC(C)C)OC[C@H]2O[C@H]1N1C=CC(=C)NC1=O. The van der Waals surface area contributed by atoms with Crippen LogP contribution >= 0.6 is 7.82 Å². The van der Waals surface area contributed by atoms with Crippen molar-refractivity contribution in [3.63, 3.8) is 0 Å². The van der Waals surface area contributed by atoms with Crippen LogP contribution in [-0.4, -0.2) is 42.1 Å². The van der Waals surface area contributed by atoms with Crippen molar-refractivity contribution in [2.45, 2.75) is 45.3 Å². The average Bonchev–Trinajstić information content (AvgIpc) is 2.79. The Kier molecular flexibility index (Phi) is 4.56. The number of carbonyl (C=O) groups is 1. The molecule has 2 fully saturated rings. The van der Waals surface area contributed by atoms with Gasteiger partial charge in [-0.05, 0) is 26.8 Å². The van der Waals surface area contributed by atoms with Crippen LogP contribution < -0.4 is 5.32 Å². The Balaban J connectivity index is 1.89. The number of nitrogens with zero attached hydrogens (tertiary/aromatic N) is 1. The lowest BCUT2D eigenvalue weighted by Gasteiger charge is -2.38. The van der Waals surface area contributed by atoms with Gasteiger partial charge in [0.05, 0.1) is 12.7 Å². The lowest BCUT2D eigenvalue weighted by Crippen LogP contribution is -2.52. The van der Waals surface area contributed by atoms with E-state index in [9.17, 15) is 9.36 Å². The van der Waals surface area contributed by atoms with Crippen molar-refractivity contribution in [3.05, 3.63) is 24.6 Å². The highest BCUT2D eigenvalue weighted by Gasteiger charge is 2.61. The molecule has 1 unspecified atom stereocenters. The summed E-state index contributed by atoms with van der Waals surface area (Å²) < 4.78 is 34.8. The summed E-state index contributed by atoms with van der Waals surface area (Å²) in [6, 6.07) is -0.417. The lowest BCUT2D eigenvalue weighted by atomic mass is 9.83. The normalized spacial score (nSPS) is 40.8. The topological polar surface area (TPSA) is 86.3 Å². The smallest absolute Gasteiger partial charge is 0.348 e. The zero-order valence-corrected chi connectivity index (χ0v) is 15.2. The van der Waals surface area contributed by atoms with Crippen molar-refractivity contribution in [1.29, 1.82) is 0 Å². The number of phosphoric ester groups is 1. The van der Waals surface area contributed by atoms with Crippen LogP contribution in [0.4, 0.5) is 4.79 Å². The second-order valence-electron chi connectivity index (χ2n) is 6.56. The zero-order chi connectivity index (χ0) is 18.4. The third kappa shape index (κ3) is 3.14. The molecule has 5 atom stereocenters. The third-order valence-corrected chi connectivity index (χ3v) is 5.86. The quantitative estimate of drug-likeness (QED) is 0.608. The van der Waals surface area contributed by atoms with Crippen LogP contribution in [0.25, 0.3) is 0 Å². The van der Waals surface area contributed by atoms with Gasteiger partial charge in [-0.2, -0.15) is 0 Å². The Morgan fingerprint density at radius 2 is 2.32 bits per heavy atom. The number of urea groups is 1. The van der Waals surface area contributed by atoms with Gasteiger partial charge in [0.1, 0.15) is 17.6 Å². The van der Waals surface area contributed by atoms with E-state index < -0.39 is 37.7 Å². The molecule has 0 bridgehead atoms. The van der Waals surface area contributed by atoms with Crippen molar-refractivity contribution >= 4 is 13.9 Å². The molecule has 3 heterocycles. The van der Waals surface area contributed by atoms with E-state index in [4.69, 9.17) is 24.7 Å². The number of hydrogen-bond donors (Lipinski definition) is 1. The van der Waals surface area contributed by atoms with Crippen molar-refractivity contribution in [3.8, 4) is 12.3 Å². The van der Waals surface area contributed by atoms with Crippen molar-refractivity contribution in [2.24, 2.45) is 5.41 Å². The summed E-state index contributed by atoms with van der Waals surface area (Å²) in [4.78, 5) is 13.6. The molecule has 3 rings (SSSR count). The molecule has 0 radical (unpaired) electrons. The van der Waals surface area contributed by atoms with Crippen LogP contribution in [0.5, 0.6) is 0 Å². The molecule has 0 aromatic heterocycles. The molecule has 0 aromatic rings. The highest BCUT2D eigenvalue weighted by Crippen LogP contribution is 2.60. The molecule has 136 valence electrons. The highest BCUT2D eigenvalue weighted by atomic mass is 31.2. The Labute approximate surface area is 146 Å². The second kappa shape index (κ2) is 6.27. The molecule has 3 aliphatic rings. The maximum absolute atomic E-state index is 12.7. The summed E-state index contributed by atoms with van der Waals surface area (Å²) in [5.41, 5.74) is -0.585. The molecular formula is C16H21N2O6P. The molecule has 9 heteroatoms. The molecule has 2 amide bonds. The number of allylic oxidation sites excluding steroid dienone is 1. The van der Waals surface area contributed by atoms with Crippen molar-refractivity contribution in [1.82, 2.24) is 10.2 Å². The molecule has 3 aliphatic heterocycles. The van der Waals surface area contributed by atoms with Crippen molar-refractivity contribution < 1.29 is 27.7 Å². The lowest BCUT2D eigenvalue weighted by molar-refractivity contribution is -0.0791. The van der Waals surface area contributed by atoms with E-state index in [0.717, 1.165) is 0 Å². The average molecular weight is 368 g/mol. The number of rotatable bonds is 3. The fourth-order valence-electron chi connectivity index (χ4n) is 3.03. The first-order chi connectivity index (χ1) is 11.7. The van der Waals surface area contributed by atoms with E-state index in [0.29, 0.717) is 5.70 Å². The predicted octanol–water partition coefficient (Wildman–Crippen LogP) is 2.35. The molecule has 0 saturated carbocycles. The summed E-state index contributed by atoms with van der Waals surface area (Å²) in [6.07, 6.45) is 6.45. The first-order valence-electron chi connectivity index (χ1n) is 7.89. The number of ether oxygens (including phenoxy) is 1. The van der Waals surface area contributed by atoms with Gasteiger partial charge in [0.15, 0.2) is 6.23 Å². The van der Waals surface area contributed by atoms with Crippen LogP contribution in [0.15, 0.2) is 24.6 Å². The van der Waals surface area contributed by atoms with Gasteiger partial charge in [0.2, 0.25) is 0 Å². The molecular weight excluding hydrogens is 347 g/mol. The number of carbonyl (C=O) groups excluding carboxylic acids is 1. The number of phosphoric acid groups is 1. The predicted molar refractivity (Wildman–Crippen MR) is 88.9 cm³/mol. The van der Waals surface area contributed by atoms with Crippen LogP contribution in [0.2, 0.25) is 0 Å². The molecule has 2 saturated heterocycles. The zero-order valence-electron chi connectivity index (χ0n) is 14.3. The maximum Gasteiger partial charge on any atom is 0.475 e. The van der Waals surface area contributed by atoms with Gasteiger partial charge in [-0.3, -0.25) is 18.5 Å². The van der Waals surface area contributed by atoms with Crippen LogP contribution in [-0.2, 0) is 22.9 Å². The fourth-order valence-corrected chi connectivity index (χ4v) is 4.68. The van der Waals surface area contributed by atoms with Gasteiger partial charge in [0, 0.05) is 11.9 Å². The minimum absolute atomic E-state index is 0.00564. The Morgan fingerprint density at radius 3 is 2.92 bits per heavy atom. The van der Waals surface area contributed by atoms with Crippen LogP contribution in [0, 0.1) is 17.8 Å². The monoisotopic (exact) mass is 368 g/mol. The maximum atomic E-state index is 12.7. The number of hydrogen-bond acceptors (Lipinski definition) is 6. The molecule has 25 heavy (non-hydrogen) atoms. The summed E-state index contributed by atoms with van der Waals surface area (Å²) in [5.74, 6) is 2.65. The molecule has 0 aliphatic carbocycles. The fraction of sp³-hybridized carbons (Fsp3) is 0.562. The third-order valence-electron chi connectivity index (χ3n) is 4.23. The Morgan fingerprint density at radius 1 is 1.60 bits per heavy atom. The number of amides is 2. The first-order valence-corrected chi connectivity index (χ1v) is 9.35. The molecule has 0 aromatic carbocycles. The van der Waals surface area contributed by atoms with E-state index in [1.54, 1.807) is 33.0 Å². The second-order valence-corrected chi connectivity index (χ2v) is 8.13. The van der Waals surface area contributed by atoms with Crippen LogP contribution in [0.3, 0.4) is 0 Å². The summed E-state index contributed by atoms with van der Waals surface area (Å²) in [6.45, 7) is 8.84. The minimum atomic E-state index is -3.75. The van der Waals surface area contributed by atoms with E-state index in [1.165, 1.54) is 4.90 Å². The van der Waals surface area contributed by atoms with E-state index in [-0.39, 0.29) is 12.7 Å². The standard InChI is InChI=1S/C16H21N2O6P/c1-6-16(5)13-12(9-21-25(20,24-13)23-10(2)3)22-14(16)18-8-7-11(4)17-15(18)19/h1,7-8,10,12-14H,4,9H2,2-3,5H3,(H,17,19)/t12-,13-,14-,16-,25?/m1/s1. The Bertz CT molecular complexity index is 714. The molecule has 8 nitrogen and oxygen atoms in total. The van der Waals surface area contributed by atoms with E-state index in [2.05, 4.69) is 17.8 Å². The van der Waals surface area contributed by atoms with Gasteiger partial charge >= 0.3 is 13.9 Å². The van der Waals surface area contributed by atoms with Crippen molar-refractivity contribution in [2.75, 3.05) is 6.61 Å². The number of terminal acetylenes is 1. The van der Waals surface area contributed by atoms with E-state index in [1.807, 2.05) is 0 Å². The van der Waals surface area contributed by atoms with Gasteiger partial charge in [-0.25, -0.2) is 9.36 Å². The molecule has 0 spiro atoms. The number of fused-ring (bicyclic) bond motifs is 1. The van der Waals surface area contributed by atoms with Gasteiger partial charge in [-0.15, -0.1) is 6.42 Å². The van der Waals surface area contributed by atoms with Gasteiger partial charge < -0.3 is 10.1 Å². The minimum Gasteiger partial charge on any atom is -0.348 e. The highest BCUT2D eigenvalue weighted by molar-refractivity contribution is 7.48. The van der Waals surface area contributed by atoms with Crippen LogP contribution in [0.1, 0.15) is 20.8 Å². The summed E-state index contributed by atoms with van der Waals surface area (Å²) in [7, 11) is -3.75. The van der Waals surface area contributed by atoms with Gasteiger partial charge in [0.25, 0.3) is 0 Å². The molecule has 1 N–H and O–H groups in total. The first kappa shape index (κ1) is 18.2. The number of nitrogens with one attached hydrogen (secondary N) is 1. The van der Waals surface area contributed by atoms with E-state index >= 15 is 0 Å². The summed E-state index contributed by atoms with van der Waals surface area (Å²) in [5, 5.41) is 2.60. The Hall–Kier alpha value is -1.62. The largest absolute Gasteiger partial charge is 0.475 e.